The van der Waals surface area contributed by atoms with Crippen molar-refractivity contribution in [1.29, 1.82) is 0 Å². The Morgan fingerprint density at radius 1 is 1.43 bits per heavy atom. The highest BCUT2D eigenvalue weighted by atomic mass is 16.4. The molecule has 2 unspecified atom stereocenters. The highest BCUT2D eigenvalue weighted by Crippen LogP contribution is 2.38. The van der Waals surface area contributed by atoms with E-state index >= 15 is 0 Å². The summed E-state index contributed by atoms with van der Waals surface area (Å²) in [4.78, 5) is 15.9. The Bertz CT molecular complexity index is 675. The van der Waals surface area contributed by atoms with Crippen molar-refractivity contribution in [2.24, 2.45) is 5.92 Å². The van der Waals surface area contributed by atoms with Crippen molar-refractivity contribution in [1.82, 2.24) is 9.55 Å². The molecule has 1 fully saturated rings. The van der Waals surface area contributed by atoms with Crippen molar-refractivity contribution in [2.75, 3.05) is 0 Å². The van der Waals surface area contributed by atoms with E-state index in [-0.39, 0.29) is 0 Å². The summed E-state index contributed by atoms with van der Waals surface area (Å²) in [6.45, 7) is 4.47. The minimum absolute atomic E-state index is 0.315. The molecule has 3 rings (SSSR count). The maximum absolute atomic E-state index is 11.1. The lowest BCUT2D eigenvalue weighted by atomic mass is 10.1. The Morgan fingerprint density at radius 3 is 2.86 bits per heavy atom. The SMILES string of the molecule is CCCc1nc2cc(C(=O)O)ccc2n1C1CCCC1C. The second-order valence-corrected chi connectivity index (χ2v) is 6.13. The first-order valence-electron chi connectivity index (χ1n) is 7.86. The van der Waals surface area contributed by atoms with Gasteiger partial charge in [0.25, 0.3) is 0 Å². The molecule has 1 N–H and O–H groups in total. The number of fused-ring (bicyclic) bond motifs is 1. The van der Waals surface area contributed by atoms with Crippen LogP contribution in [0.3, 0.4) is 0 Å². The zero-order valence-electron chi connectivity index (χ0n) is 12.7. The fourth-order valence-electron chi connectivity index (χ4n) is 3.56. The molecule has 0 bridgehead atoms. The van der Waals surface area contributed by atoms with E-state index in [4.69, 9.17) is 10.1 Å². The molecule has 0 spiro atoms. The van der Waals surface area contributed by atoms with Crippen LogP contribution < -0.4 is 0 Å². The Hall–Kier alpha value is -1.84. The fraction of sp³-hybridized carbons (Fsp3) is 0.529. The molecule has 0 amide bonds. The van der Waals surface area contributed by atoms with Gasteiger partial charge in [0.2, 0.25) is 0 Å². The van der Waals surface area contributed by atoms with Crippen molar-refractivity contribution in [2.45, 2.75) is 52.0 Å². The number of benzene rings is 1. The van der Waals surface area contributed by atoms with E-state index < -0.39 is 5.97 Å². The van der Waals surface area contributed by atoms with Gasteiger partial charge in [0.15, 0.2) is 0 Å². The van der Waals surface area contributed by atoms with Gasteiger partial charge in [-0.3, -0.25) is 0 Å². The summed E-state index contributed by atoms with van der Waals surface area (Å²) in [6, 6.07) is 5.83. The van der Waals surface area contributed by atoms with E-state index in [9.17, 15) is 4.79 Å². The molecule has 1 aliphatic carbocycles. The van der Waals surface area contributed by atoms with Crippen LogP contribution in [0.15, 0.2) is 18.2 Å². The van der Waals surface area contributed by atoms with E-state index in [0.717, 1.165) is 29.7 Å². The lowest BCUT2D eigenvalue weighted by Gasteiger charge is -2.21. The number of carbonyl (C=O) groups is 1. The lowest BCUT2D eigenvalue weighted by molar-refractivity contribution is 0.0697. The van der Waals surface area contributed by atoms with Crippen LogP contribution >= 0.6 is 0 Å². The third kappa shape index (κ3) is 2.43. The number of nitrogens with zero attached hydrogens (tertiary/aromatic N) is 2. The van der Waals surface area contributed by atoms with Crippen LogP contribution in [0.4, 0.5) is 0 Å². The molecule has 4 nitrogen and oxygen atoms in total. The summed E-state index contributed by atoms with van der Waals surface area (Å²) in [7, 11) is 0. The van der Waals surface area contributed by atoms with Gasteiger partial charge in [0.1, 0.15) is 5.82 Å². The van der Waals surface area contributed by atoms with Gasteiger partial charge in [-0.25, -0.2) is 9.78 Å². The molecule has 0 aliphatic heterocycles. The molecule has 1 saturated carbocycles. The van der Waals surface area contributed by atoms with Gasteiger partial charge in [0, 0.05) is 12.5 Å². The molecule has 112 valence electrons. The van der Waals surface area contributed by atoms with Gasteiger partial charge in [0.05, 0.1) is 16.6 Å². The van der Waals surface area contributed by atoms with Crippen molar-refractivity contribution in [3.05, 3.63) is 29.6 Å². The van der Waals surface area contributed by atoms with Gasteiger partial charge < -0.3 is 9.67 Å². The summed E-state index contributed by atoms with van der Waals surface area (Å²) in [5, 5.41) is 9.14. The summed E-state index contributed by atoms with van der Waals surface area (Å²) in [6.07, 6.45) is 5.73. The first-order chi connectivity index (χ1) is 10.1. The highest BCUT2D eigenvalue weighted by molar-refractivity contribution is 5.92. The van der Waals surface area contributed by atoms with Crippen LogP contribution in [-0.2, 0) is 6.42 Å². The smallest absolute Gasteiger partial charge is 0.335 e. The maximum Gasteiger partial charge on any atom is 0.335 e. The van der Waals surface area contributed by atoms with Crippen LogP contribution in [0.5, 0.6) is 0 Å². The molecule has 4 heteroatoms. The number of hydrogen-bond acceptors (Lipinski definition) is 2. The summed E-state index contributed by atoms with van der Waals surface area (Å²) in [5.74, 6) is 0.878. The summed E-state index contributed by atoms with van der Waals surface area (Å²) < 4.78 is 2.38. The fourth-order valence-corrected chi connectivity index (χ4v) is 3.56. The molecule has 1 aromatic carbocycles. The van der Waals surface area contributed by atoms with Crippen LogP contribution in [0, 0.1) is 5.92 Å². The average Bonchev–Trinajstić information content (AvgIpc) is 3.01. The van der Waals surface area contributed by atoms with Gasteiger partial charge in [-0.2, -0.15) is 0 Å². The molecule has 1 aliphatic rings. The molecule has 2 aromatic rings. The molecular formula is C17H22N2O2. The predicted octanol–water partition coefficient (Wildman–Crippen LogP) is 4.05. The van der Waals surface area contributed by atoms with E-state index in [1.807, 2.05) is 6.07 Å². The van der Waals surface area contributed by atoms with Gasteiger partial charge in [-0.15, -0.1) is 0 Å². The van der Waals surface area contributed by atoms with Crippen molar-refractivity contribution < 1.29 is 9.90 Å². The molecule has 2 atom stereocenters. The van der Waals surface area contributed by atoms with Crippen LogP contribution in [0.25, 0.3) is 11.0 Å². The third-order valence-electron chi connectivity index (χ3n) is 4.63. The largest absolute Gasteiger partial charge is 0.478 e. The van der Waals surface area contributed by atoms with Gasteiger partial charge in [-0.1, -0.05) is 20.3 Å². The Morgan fingerprint density at radius 2 is 2.24 bits per heavy atom. The van der Waals surface area contributed by atoms with Gasteiger partial charge >= 0.3 is 5.97 Å². The first kappa shape index (κ1) is 14.1. The second-order valence-electron chi connectivity index (χ2n) is 6.13. The normalized spacial score (nSPS) is 22.0. The molecule has 1 heterocycles. The number of carboxylic acid groups (broad SMARTS) is 1. The molecule has 0 radical (unpaired) electrons. The minimum atomic E-state index is -0.891. The lowest BCUT2D eigenvalue weighted by Crippen LogP contribution is -2.14. The van der Waals surface area contributed by atoms with Crippen LogP contribution in [0.2, 0.25) is 0 Å². The molecule has 21 heavy (non-hydrogen) atoms. The number of carboxylic acids is 1. The monoisotopic (exact) mass is 286 g/mol. The van der Waals surface area contributed by atoms with E-state index in [1.165, 1.54) is 19.3 Å². The molecular weight excluding hydrogens is 264 g/mol. The Kier molecular flexibility index (Phi) is 3.70. The Balaban J connectivity index is 2.15. The number of rotatable bonds is 4. The van der Waals surface area contributed by atoms with Crippen molar-refractivity contribution in [3.63, 3.8) is 0 Å². The van der Waals surface area contributed by atoms with Crippen LogP contribution in [0.1, 0.15) is 61.8 Å². The average molecular weight is 286 g/mol. The number of hydrogen-bond donors (Lipinski definition) is 1. The highest BCUT2D eigenvalue weighted by Gasteiger charge is 2.28. The standard InChI is InChI=1S/C17H22N2O2/c1-3-5-16-18-13-10-12(17(20)21)8-9-15(13)19(16)14-7-4-6-11(14)2/h8-11,14H,3-7H2,1-2H3,(H,20,21). The van der Waals surface area contributed by atoms with Crippen molar-refractivity contribution in [3.8, 4) is 0 Å². The maximum atomic E-state index is 11.1. The number of aromatic carboxylic acids is 1. The Labute approximate surface area is 124 Å². The zero-order valence-corrected chi connectivity index (χ0v) is 12.7. The number of aryl methyl sites for hydroxylation is 1. The van der Waals surface area contributed by atoms with Crippen LogP contribution in [-0.4, -0.2) is 20.6 Å². The summed E-state index contributed by atoms with van der Waals surface area (Å²) >= 11 is 0. The summed E-state index contributed by atoms with van der Waals surface area (Å²) in [5.41, 5.74) is 2.22. The van der Waals surface area contributed by atoms with Gasteiger partial charge in [-0.05, 0) is 43.4 Å². The number of aromatic nitrogens is 2. The predicted molar refractivity (Wildman–Crippen MR) is 82.7 cm³/mol. The molecule has 0 saturated heterocycles. The van der Waals surface area contributed by atoms with E-state index in [1.54, 1.807) is 12.1 Å². The first-order valence-corrected chi connectivity index (χ1v) is 7.86. The molecule has 1 aromatic heterocycles. The quantitative estimate of drug-likeness (QED) is 0.922. The number of imidazole rings is 1. The zero-order chi connectivity index (χ0) is 15.0. The third-order valence-corrected chi connectivity index (χ3v) is 4.63. The minimum Gasteiger partial charge on any atom is -0.478 e. The van der Waals surface area contributed by atoms with E-state index in [2.05, 4.69) is 18.4 Å². The topological polar surface area (TPSA) is 55.1 Å². The van der Waals surface area contributed by atoms with E-state index in [0.29, 0.717) is 17.5 Å². The second kappa shape index (κ2) is 5.51. The van der Waals surface area contributed by atoms with Crippen molar-refractivity contribution >= 4 is 17.0 Å².